The van der Waals surface area contributed by atoms with Crippen LogP contribution in [0, 0.1) is 23.4 Å². The molecule has 35 heavy (non-hydrogen) atoms. The lowest BCUT2D eigenvalue weighted by molar-refractivity contribution is 0.559. The van der Waals surface area contributed by atoms with Gasteiger partial charge in [0, 0.05) is 24.2 Å². The van der Waals surface area contributed by atoms with E-state index in [1.54, 1.807) is 6.20 Å². The van der Waals surface area contributed by atoms with E-state index in [0.29, 0.717) is 17.0 Å². The van der Waals surface area contributed by atoms with Gasteiger partial charge in [0.15, 0.2) is 11.6 Å². The van der Waals surface area contributed by atoms with Gasteiger partial charge in [-0.15, -0.1) is 0 Å². The summed E-state index contributed by atoms with van der Waals surface area (Å²) in [6.45, 7) is 0. The van der Waals surface area contributed by atoms with Crippen molar-refractivity contribution in [3.05, 3.63) is 89.0 Å². The molecule has 5 rings (SSSR count). The molecule has 0 aliphatic heterocycles. The summed E-state index contributed by atoms with van der Waals surface area (Å²) in [4.78, 5) is 25.2. The summed E-state index contributed by atoms with van der Waals surface area (Å²) in [6.07, 6.45) is 5.12. The molecule has 0 saturated heterocycles. The van der Waals surface area contributed by atoms with Gasteiger partial charge in [-0.2, -0.15) is 4.39 Å². The molecule has 5 aromatic rings. The van der Waals surface area contributed by atoms with Gasteiger partial charge in [0.25, 0.3) is 5.56 Å². The zero-order chi connectivity index (χ0) is 24.9. The van der Waals surface area contributed by atoms with Gasteiger partial charge in [0.05, 0.1) is 21.7 Å². The van der Waals surface area contributed by atoms with E-state index in [1.165, 1.54) is 24.7 Å². The molecule has 3 N–H and O–H groups in total. The maximum atomic E-state index is 15.5. The predicted octanol–water partition coefficient (Wildman–Crippen LogP) is 5.52. The highest BCUT2D eigenvalue weighted by atomic mass is 33.5. The lowest BCUT2D eigenvalue weighted by atomic mass is 10.0. The van der Waals surface area contributed by atoms with Crippen LogP contribution < -0.4 is 10.3 Å². The lowest BCUT2D eigenvalue weighted by Gasteiger charge is -2.30. The molecule has 0 fully saturated rings. The Labute approximate surface area is 205 Å². The third-order valence-corrected chi connectivity index (χ3v) is 8.27. The molecule has 0 amide bonds. The van der Waals surface area contributed by atoms with Crippen LogP contribution in [0.4, 0.5) is 23.2 Å². The summed E-state index contributed by atoms with van der Waals surface area (Å²) in [6, 6.07) is 5.58. The van der Waals surface area contributed by atoms with Gasteiger partial charge >= 0.3 is 0 Å². The van der Waals surface area contributed by atoms with Crippen LogP contribution in [-0.2, 0) is 0 Å². The van der Waals surface area contributed by atoms with E-state index in [0.717, 1.165) is 28.8 Å². The first-order valence-electron chi connectivity index (χ1n) is 9.75. The smallest absolute Gasteiger partial charge is 0.263 e. The van der Waals surface area contributed by atoms with Gasteiger partial charge in [-0.25, -0.2) is 23.1 Å². The number of hydrogen-bond donors (Lipinski definition) is 5. The zero-order valence-corrected chi connectivity index (χ0v) is 19.9. The van der Waals surface area contributed by atoms with Crippen molar-refractivity contribution >= 4 is 42.8 Å². The van der Waals surface area contributed by atoms with Crippen LogP contribution in [0.1, 0.15) is 0 Å². The maximum absolute atomic E-state index is 15.5. The number of aromatic amines is 2. The Balaban J connectivity index is 1.60. The van der Waals surface area contributed by atoms with Gasteiger partial charge in [0.2, 0.25) is 5.95 Å². The van der Waals surface area contributed by atoms with Crippen LogP contribution in [0.2, 0.25) is 0 Å². The molecular formula is C21H14F4N6OS3. The number of rotatable bonds is 5. The Kier molecular flexibility index (Phi) is 5.81. The van der Waals surface area contributed by atoms with Crippen LogP contribution >= 0.6 is 31.6 Å². The first kappa shape index (κ1) is 23.4. The number of H-pyrrole nitrogens is 2. The monoisotopic (exact) mass is 538 g/mol. The molecular weight excluding hydrogens is 524 g/mol. The average Bonchev–Trinajstić information content (AvgIpc) is 3.49. The van der Waals surface area contributed by atoms with Crippen molar-refractivity contribution in [2.24, 2.45) is 0 Å². The van der Waals surface area contributed by atoms with Crippen molar-refractivity contribution in [1.29, 1.82) is 0 Å². The largest absolute Gasteiger partial charge is 0.343 e. The van der Waals surface area contributed by atoms with Crippen molar-refractivity contribution in [1.82, 2.24) is 24.3 Å². The summed E-state index contributed by atoms with van der Waals surface area (Å²) < 4.78 is 63.1. The number of thiol groups is 2. The first-order valence-corrected chi connectivity index (χ1v) is 13.5. The number of benzene rings is 1. The third-order valence-electron chi connectivity index (χ3n) is 5.12. The van der Waals surface area contributed by atoms with Crippen molar-refractivity contribution in [3.63, 3.8) is 0 Å². The molecule has 0 spiro atoms. The first-order chi connectivity index (χ1) is 16.7. The minimum Gasteiger partial charge on any atom is -0.343 e. The number of imidazole rings is 2. The Morgan fingerprint density at radius 3 is 2.57 bits per heavy atom. The van der Waals surface area contributed by atoms with E-state index in [9.17, 15) is 13.6 Å². The van der Waals surface area contributed by atoms with E-state index >= 15 is 8.78 Å². The average molecular weight is 539 g/mol. The lowest BCUT2D eigenvalue weighted by Crippen LogP contribution is -2.15. The van der Waals surface area contributed by atoms with Crippen LogP contribution in [-0.4, -0.2) is 24.3 Å². The molecule has 0 unspecified atom stereocenters. The number of halogens is 4. The van der Waals surface area contributed by atoms with E-state index in [4.69, 9.17) is 0 Å². The topological polar surface area (TPSA) is 90.9 Å². The zero-order valence-electron chi connectivity index (χ0n) is 17.3. The molecule has 0 radical (unpaired) electrons. The predicted molar refractivity (Wildman–Crippen MR) is 133 cm³/mol. The molecule has 1 aromatic carbocycles. The number of fused-ring (bicyclic) bond motifs is 1. The quantitative estimate of drug-likeness (QED) is 0.0883. The minimum absolute atomic E-state index is 0.189. The normalized spacial score (nSPS) is 12.3. The standard InChI is InChI=1S/C21H14F4N6OS3/c22-10-7-15(21(32)28-8-10)35(33,34)30-13-3-2-12(23)16(17(13)24)11-1-4-14-18(20-26-5-6-27-20)29-9-31(14)19(11)25/h1-9,30,33-34H,(H,26,27)(H,28,32). The molecule has 0 atom stereocenters. The number of aromatic nitrogens is 5. The van der Waals surface area contributed by atoms with E-state index in [2.05, 4.69) is 48.0 Å². The number of pyridine rings is 2. The molecule has 0 aliphatic carbocycles. The van der Waals surface area contributed by atoms with E-state index in [-0.39, 0.29) is 16.1 Å². The van der Waals surface area contributed by atoms with Crippen molar-refractivity contribution in [2.75, 3.05) is 4.72 Å². The van der Waals surface area contributed by atoms with Crippen molar-refractivity contribution in [3.8, 4) is 22.6 Å². The third kappa shape index (κ3) is 4.06. The highest BCUT2D eigenvalue weighted by Gasteiger charge is 2.27. The molecule has 4 heterocycles. The number of nitrogens with zero attached hydrogens (tertiary/aromatic N) is 3. The highest BCUT2D eigenvalue weighted by molar-refractivity contribution is 9.18. The Morgan fingerprint density at radius 1 is 1.03 bits per heavy atom. The molecule has 0 aliphatic rings. The maximum Gasteiger partial charge on any atom is 0.263 e. The molecule has 14 heteroatoms. The SMILES string of the molecule is O=c1[nH]cc(F)cc1S(S)(S)Nc1ccc(F)c(-c2ccc3c(-c4ncc[nH]4)ncn3c2F)c1F. The fourth-order valence-corrected chi connectivity index (χ4v) is 6.11. The fourth-order valence-electron chi connectivity index (χ4n) is 3.53. The van der Waals surface area contributed by atoms with E-state index in [1.807, 2.05) is 0 Å². The molecule has 0 saturated carbocycles. The molecule has 180 valence electrons. The fraction of sp³-hybridized carbons (Fsp3) is 0. The molecule has 4 aromatic heterocycles. The summed E-state index contributed by atoms with van der Waals surface area (Å²) in [5.74, 6) is -3.49. The van der Waals surface area contributed by atoms with Gasteiger partial charge in [-0.05, 0) is 38.6 Å². The second kappa shape index (κ2) is 8.70. The Bertz CT molecular complexity index is 1630. The van der Waals surface area contributed by atoms with Gasteiger partial charge < -0.3 is 14.7 Å². The molecule has 7 nitrogen and oxygen atoms in total. The number of hydrogen-bond acceptors (Lipinski definition) is 6. The Morgan fingerprint density at radius 2 is 1.83 bits per heavy atom. The van der Waals surface area contributed by atoms with Gasteiger partial charge in [-0.3, -0.25) is 9.20 Å². The summed E-state index contributed by atoms with van der Waals surface area (Å²) in [5, 5.41) is 0. The van der Waals surface area contributed by atoms with Gasteiger partial charge in [0.1, 0.15) is 23.7 Å². The van der Waals surface area contributed by atoms with Crippen LogP contribution in [0.5, 0.6) is 0 Å². The van der Waals surface area contributed by atoms with Crippen LogP contribution in [0.25, 0.3) is 28.2 Å². The second-order valence-corrected chi connectivity index (χ2v) is 13.2. The Hall–Kier alpha value is -3.36. The van der Waals surface area contributed by atoms with Crippen molar-refractivity contribution < 1.29 is 17.6 Å². The summed E-state index contributed by atoms with van der Waals surface area (Å²) in [5.41, 5.74) is -1.35. The highest BCUT2D eigenvalue weighted by Crippen LogP contribution is 2.62. The summed E-state index contributed by atoms with van der Waals surface area (Å²) >= 11 is 8.59. The van der Waals surface area contributed by atoms with Crippen LogP contribution in [0.15, 0.2) is 64.9 Å². The van der Waals surface area contributed by atoms with E-state index < -0.39 is 42.8 Å². The van der Waals surface area contributed by atoms with Gasteiger partial charge in [-0.1, -0.05) is 23.3 Å². The van der Waals surface area contributed by atoms with Crippen LogP contribution in [0.3, 0.4) is 0 Å². The second-order valence-electron chi connectivity index (χ2n) is 7.27. The van der Waals surface area contributed by atoms with Crippen molar-refractivity contribution in [2.45, 2.75) is 4.90 Å². The summed E-state index contributed by atoms with van der Waals surface area (Å²) in [7, 11) is -2.89. The number of nitrogens with one attached hydrogen (secondary N) is 3. The molecule has 0 bridgehead atoms. The number of anilines is 1. The minimum atomic E-state index is -2.89.